The van der Waals surface area contributed by atoms with E-state index in [0.29, 0.717) is 25.1 Å². The molecule has 0 saturated carbocycles. The van der Waals surface area contributed by atoms with Crippen molar-refractivity contribution in [2.75, 3.05) is 40.3 Å². The summed E-state index contributed by atoms with van der Waals surface area (Å²) in [6.45, 7) is 2.88. The number of sulfonamides is 2. The highest BCUT2D eigenvalue weighted by Gasteiger charge is 2.33. The zero-order valence-electron chi connectivity index (χ0n) is 19.6. The van der Waals surface area contributed by atoms with Gasteiger partial charge >= 0.3 is 0 Å². The first-order valence-corrected chi connectivity index (χ1v) is 13.9. The quantitative estimate of drug-likeness (QED) is 0.516. The van der Waals surface area contributed by atoms with Crippen molar-refractivity contribution < 1.29 is 26.4 Å². The summed E-state index contributed by atoms with van der Waals surface area (Å²) in [4.78, 5) is 13.0. The number of carbonyl (C=O) groups excluding carboxylic acids is 1. The van der Waals surface area contributed by atoms with E-state index in [0.717, 1.165) is 9.87 Å². The molecule has 1 amide bonds. The maximum Gasteiger partial charge on any atom is 0.243 e. The molecular formula is C23H31N3O6S2. The lowest BCUT2D eigenvalue weighted by atomic mass is 9.99. The Hall–Kier alpha value is -2.47. The van der Waals surface area contributed by atoms with E-state index in [9.17, 15) is 21.6 Å². The summed E-state index contributed by atoms with van der Waals surface area (Å²) in [5, 5.41) is 2.80. The Morgan fingerprint density at radius 1 is 1.03 bits per heavy atom. The molecule has 0 aliphatic carbocycles. The van der Waals surface area contributed by atoms with Gasteiger partial charge in [0.2, 0.25) is 26.0 Å². The lowest BCUT2D eigenvalue weighted by Crippen LogP contribution is -2.45. The molecule has 0 spiro atoms. The van der Waals surface area contributed by atoms with E-state index in [4.69, 9.17) is 4.74 Å². The Labute approximate surface area is 201 Å². The summed E-state index contributed by atoms with van der Waals surface area (Å²) in [6, 6.07) is 12.8. The molecule has 1 aliphatic rings. The molecule has 0 aromatic heterocycles. The van der Waals surface area contributed by atoms with Gasteiger partial charge in [0.15, 0.2) is 0 Å². The van der Waals surface area contributed by atoms with Gasteiger partial charge < -0.3 is 10.1 Å². The van der Waals surface area contributed by atoms with Gasteiger partial charge in [-0.2, -0.15) is 4.31 Å². The fourth-order valence-corrected chi connectivity index (χ4v) is 6.07. The van der Waals surface area contributed by atoms with Crippen molar-refractivity contribution in [2.45, 2.75) is 29.6 Å². The number of nitrogens with one attached hydrogen (secondary N) is 1. The predicted molar refractivity (Wildman–Crippen MR) is 128 cm³/mol. The van der Waals surface area contributed by atoms with Crippen LogP contribution in [0.1, 0.15) is 18.4 Å². The number of aryl methyl sites for hydroxylation is 1. The highest BCUT2D eigenvalue weighted by atomic mass is 32.2. The highest BCUT2D eigenvalue weighted by molar-refractivity contribution is 7.89. The van der Waals surface area contributed by atoms with Gasteiger partial charge in [0.1, 0.15) is 12.4 Å². The van der Waals surface area contributed by atoms with E-state index >= 15 is 0 Å². The minimum Gasteiger partial charge on any atom is -0.492 e. The molecule has 3 rings (SSSR count). The second kappa shape index (κ2) is 10.9. The Kier molecular flexibility index (Phi) is 8.34. The molecule has 0 radical (unpaired) electrons. The Bertz CT molecular complexity index is 1190. The van der Waals surface area contributed by atoms with Crippen LogP contribution in [-0.4, -0.2) is 71.7 Å². The van der Waals surface area contributed by atoms with E-state index in [1.54, 1.807) is 36.4 Å². The van der Waals surface area contributed by atoms with E-state index in [1.165, 1.54) is 30.5 Å². The van der Waals surface area contributed by atoms with Gasteiger partial charge in [-0.15, -0.1) is 0 Å². The first kappa shape index (κ1) is 26.1. The normalized spacial score (nSPS) is 17.5. The van der Waals surface area contributed by atoms with Crippen LogP contribution in [0.15, 0.2) is 58.3 Å². The third kappa shape index (κ3) is 6.15. The minimum absolute atomic E-state index is 0.144. The number of hydrogen-bond acceptors (Lipinski definition) is 6. The molecule has 9 nitrogen and oxygen atoms in total. The molecule has 0 bridgehead atoms. The number of piperidine rings is 1. The van der Waals surface area contributed by atoms with E-state index in [1.807, 2.05) is 6.92 Å². The molecule has 1 fully saturated rings. The molecule has 1 N–H and O–H groups in total. The Morgan fingerprint density at radius 2 is 1.65 bits per heavy atom. The fraction of sp³-hybridized carbons (Fsp3) is 0.435. The van der Waals surface area contributed by atoms with Crippen LogP contribution < -0.4 is 10.1 Å². The van der Waals surface area contributed by atoms with Crippen LogP contribution in [0.3, 0.4) is 0 Å². The first-order chi connectivity index (χ1) is 16.0. The maximum absolute atomic E-state index is 12.9. The number of ether oxygens (including phenoxy) is 1. The van der Waals surface area contributed by atoms with Gasteiger partial charge in [0, 0.05) is 27.2 Å². The van der Waals surface area contributed by atoms with E-state index in [-0.39, 0.29) is 35.4 Å². The van der Waals surface area contributed by atoms with Gasteiger partial charge in [0.25, 0.3) is 0 Å². The van der Waals surface area contributed by atoms with E-state index in [2.05, 4.69) is 5.32 Å². The second-order valence-corrected chi connectivity index (χ2v) is 12.5. The molecule has 1 heterocycles. The molecule has 186 valence electrons. The van der Waals surface area contributed by atoms with Crippen molar-refractivity contribution >= 4 is 26.0 Å². The summed E-state index contributed by atoms with van der Waals surface area (Å²) in [5.41, 5.74) is 0.978. The molecule has 2 aromatic rings. The summed E-state index contributed by atoms with van der Waals surface area (Å²) in [5.74, 6) is -0.149. The number of benzene rings is 2. The zero-order chi connectivity index (χ0) is 24.9. The summed E-state index contributed by atoms with van der Waals surface area (Å²) >= 11 is 0. The topological polar surface area (TPSA) is 113 Å². The van der Waals surface area contributed by atoms with Crippen LogP contribution in [-0.2, 0) is 24.8 Å². The average Bonchev–Trinajstić information content (AvgIpc) is 2.82. The van der Waals surface area contributed by atoms with Gasteiger partial charge in [-0.1, -0.05) is 17.7 Å². The van der Waals surface area contributed by atoms with Crippen molar-refractivity contribution in [1.82, 2.24) is 13.9 Å². The number of hydrogen-bond donors (Lipinski definition) is 1. The van der Waals surface area contributed by atoms with Crippen LogP contribution in [0.5, 0.6) is 5.75 Å². The van der Waals surface area contributed by atoms with Gasteiger partial charge in [0.05, 0.1) is 22.3 Å². The van der Waals surface area contributed by atoms with Crippen molar-refractivity contribution in [1.29, 1.82) is 0 Å². The third-order valence-electron chi connectivity index (χ3n) is 5.69. The smallest absolute Gasteiger partial charge is 0.243 e. The van der Waals surface area contributed by atoms with Crippen molar-refractivity contribution in [3.8, 4) is 5.75 Å². The predicted octanol–water partition coefficient (Wildman–Crippen LogP) is 1.84. The number of rotatable bonds is 9. The molecule has 2 aromatic carbocycles. The monoisotopic (exact) mass is 509 g/mol. The van der Waals surface area contributed by atoms with Crippen molar-refractivity contribution in [3.63, 3.8) is 0 Å². The summed E-state index contributed by atoms with van der Waals surface area (Å²) in [7, 11) is -4.22. The van der Waals surface area contributed by atoms with Crippen LogP contribution in [0, 0.1) is 12.8 Å². The van der Waals surface area contributed by atoms with Crippen LogP contribution in [0.25, 0.3) is 0 Å². The SMILES string of the molecule is Cc1ccc(S(=O)(=O)N2CCCC(C(=O)NCCOc3ccc(S(=O)(=O)N(C)C)cc3)C2)cc1. The molecule has 34 heavy (non-hydrogen) atoms. The molecule has 11 heteroatoms. The number of amides is 1. The van der Waals surface area contributed by atoms with Gasteiger partial charge in [-0.25, -0.2) is 21.1 Å². The lowest BCUT2D eigenvalue weighted by Gasteiger charge is -2.31. The van der Waals surface area contributed by atoms with E-state index < -0.39 is 26.0 Å². The maximum atomic E-state index is 12.9. The molecule has 1 atom stereocenters. The van der Waals surface area contributed by atoms with Crippen LogP contribution >= 0.6 is 0 Å². The third-order valence-corrected chi connectivity index (χ3v) is 9.39. The van der Waals surface area contributed by atoms with Crippen LogP contribution in [0.2, 0.25) is 0 Å². The molecule has 1 unspecified atom stereocenters. The van der Waals surface area contributed by atoms with Crippen LogP contribution in [0.4, 0.5) is 0 Å². The fourth-order valence-electron chi connectivity index (χ4n) is 3.64. The average molecular weight is 510 g/mol. The minimum atomic E-state index is -3.64. The number of nitrogens with zero attached hydrogens (tertiary/aromatic N) is 2. The summed E-state index contributed by atoms with van der Waals surface area (Å²) in [6.07, 6.45) is 1.23. The Morgan fingerprint density at radius 3 is 2.26 bits per heavy atom. The van der Waals surface area contributed by atoms with Gasteiger partial charge in [-0.3, -0.25) is 4.79 Å². The molecule has 1 aliphatic heterocycles. The standard InChI is InChI=1S/C23H31N3O6S2/c1-18-6-10-22(11-7-18)34(30,31)26-15-4-5-19(17-26)23(27)24-14-16-32-20-8-12-21(13-9-20)33(28,29)25(2)3/h6-13,19H,4-5,14-17H2,1-3H3,(H,24,27). The largest absolute Gasteiger partial charge is 0.492 e. The van der Waals surface area contributed by atoms with Crippen molar-refractivity contribution in [2.24, 2.45) is 5.92 Å². The molecule has 1 saturated heterocycles. The highest BCUT2D eigenvalue weighted by Crippen LogP contribution is 2.24. The molecular weight excluding hydrogens is 478 g/mol. The summed E-state index contributed by atoms with van der Waals surface area (Å²) < 4.78 is 58.2. The first-order valence-electron chi connectivity index (χ1n) is 11.0. The Balaban J connectivity index is 1.49. The lowest BCUT2D eigenvalue weighted by molar-refractivity contribution is -0.126. The number of carbonyl (C=O) groups is 1. The second-order valence-electron chi connectivity index (χ2n) is 8.41. The van der Waals surface area contributed by atoms with Crippen molar-refractivity contribution in [3.05, 3.63) is 54.1 Å². The van der Waals surface area contributed by atoms with Gasteiger partial charge in [-0.05, 0) is 56.2 Å². The zero-order valence-corrected chi connectivity index (χ0v) is 21.2.